The van der Waals surface area contributed by atoms with Gasteiger partial charge in [0.1, 0.15) is 12.4 Å². The van der Waals surface area contributed by atoms with Gasteiger partial charge in [0.25, 0.3) is 0 Å². The van der Waals surface area contributed by atoms with Crippen LogP contribution >= 0.6 is 0 Å². The molecular formula is C18H23NO5. The summed E-state index contributed by atoms with van der Waals surface area (Å²) in [5, 5.41) is 0. The monoisotopic (exact) mass is 333 g/mol. The summed E-state index contributed by atoms with van der Waals surface area (Å²) in [5.41, 5.74) is 1.39. The number of carbonyl (C=O) groups excluding carboxylic acids is 2. The molecule has 1 aromatic rings. The Morgan fingerprint density at radius 1 is 1.25 bits per heavy atom. The summed E-state index contributed by atoms with van der Waals surface area (Å²) < 4.78 is 16.1. The van der Waals surface area contributed by atoms with Gasteiger partial charge < -0.3 is 19.1 Å². The van der Waals surface area contributed by atoms with Crippen LogP contribution in [-0.2, 0) is 20.8 Å². The Morgan fingerprint density at radius 2 is 2.04 bits per heavy atom. The van der Waals surface area contributed by atoms with Gasteiger partial charge in [-0.3, -0.25) is 4.79 Å². The molecule has 6 heteroatoms. The summed E-state index contributed by atoms with van der Waals surface area (Å²) in [6.45, 7) is 4.91. The predicted octanol–water partition coefficient (Wildman–Crippen LogP) is 2.01. The summed E-state index contributed by atoms with van der Waals surface area (Å²) in [6, 6.07) is 5.27. The van der Waals surface area contributed by atoms with E-state index < -0.39 is 0 Å². The van der Waals surface area contributed by atoms with Gasteiger partial charge in [-0.1, -0.05) is 6.07 Å². The maximum absolute atomic E-state index is 12.7. The molecule has 0 atom stereocenters. The maximum Gasteiger partial charge on any atom is 0.338 e. The Morgan fingerprint density at radius 3 is 2.79 bits per heavy atom. The van der Waals surface area contributed by atoms with Crippen molar-refractivity contribution in [2.45, 2.75) is 26.3 Å². The SMILES string of the molecule is CCOC(=O)c1ccc2c(c1)OCCN(C(=O)C1CCOCC1)C2. The van der Waals surface area contributed by atoms with Crippen LogP contribution in [0.25, 0.3) is 0 Å². The van der Waals surface area contributed by atoms with E-state index >= 15 is 0 Å². The second kappa shape index (κ2) is 7.66. The molecule has 0 N–H and O–H groups in total. The highest BCUT2D eigenvalue weighted by molar-refractivity contribution is 5.90. The lowest BCUT2D eigenvalue weighted by atomic mass is 9.98. The van der Waals surface area contributed by atoms with Crippen LogP contribution in [0.3, 0.4) is 0 Å². The van der Waals surface area contributed by atoms with Crippen LogP contribution < -0.4 is 4.74 Å². The number of hydrogen-bond donors (Lipinski definition) is 0. The summed E-state index contributed by atoms with van der Waals surface area (Å²) in [4.78, 5) is 26.4. The molecule has 1 saturated heterocycles. The van der Waals surface area contributed by atoms with Gasteiger partial charge in [-0.25, -0.2) is 4.79 Å². The lowest BCUT2D eigenvalue weighted by molar-refractivity contribution is -0.139. The van der Waals surface area contributed by atoms with Gasteiger partial charge in [0.15, 0.2) is 0 Å². The van der Waals surface area contributed by atoms with Crippen molar-refractivity contribution in [3.63, 3.8) is 0 Å². The fraction of sp³-hybridized carbons (Fsp3) is 0.556. The molecule has 6 nitrogen and oxygen atoms in total. The zero-order chi connectivity index (χ0) is 16.9. The highest BCUT2D eigenvalue weighted by Crippen LogP contribution is 2.27. The molecule has 130 valence electrons. The third-order valence-electron chi connectivity index (χ3n) is 4.44. The van der Waals surface area contributed by atoms with Gasteiger partial charge in [-0.05, 0) is 31.9 Å². The minimum atomic E-state index is -0.358. The minimum absolute atomic E-state index is 0.0408. The molecule has 0 aliphatic carbocycles. The second-order valence-electron chi connectivity index (χ2n) is 6.04. The smallest absolute Gasteiger partial charge is 0.338 e. The van der Waals surface area contributed by atoms with Gasteiger partial charge in [0.2, 0.25) is 5.91 Å². The second-order valence-corrected chi connectivity index (χ2v) is 6.04. The van der Waals surface area contributed by atoms with Gasteiger partial charge >= 0.3 is 5.97 Å². The number of carbonyl (C=O) groups is 2. The number of ether oxygens (including phenoxy) is 3. The average molecular weight is 333 g/mol. The zero-order valence-electron chi connectivity index (χ0n) is 14.0. The summed E-state index contributed by atoms with van der Waals surface area (Å²) in [6.07, 6.45) is 1.57. The maximum atomic E-state index is 12.7. The molecule has 2 aliphatic rings. The number of fused-ring (bicyclic) bond motifs is 1. The average Bonchev–Trinajstić information content (AvgIpc) is 2.83. The van der Waals surface area contributed by atoms with Crippen molar-refractivity contribution >= 4 is 11.9 Å². The number of rotatable bonds is 3. The molecule has 0 aromatic heterocycles. The van der Waals surface area contributed by atoms with Crippen LogP contribution in [0.2, 0.25) is 0 Å². The van der Waals surface area contributed by atoms with Crippen molar-refractivity contribution in [1.82, 2.24) is 4.90 Å². The Labute approximate surface area is 141 Å². The molecule has 0 spiro atoms. The predicted molar refractivity (Wildman–Crippen MR) is 86.9 cm³/mol. The quantitative estimate of drug-likeness (QED) is 0.792. The van der Waals surface area contributed by atoms with E-state index in [1.54, 1.807) is 19.1 Å². The molecule has 0 unspecified atom stereocenters. The first kappa shape index (κ1) is 16.8. The van der Waals surface area contributed by atoms with Gasteiger partial charge in [0.05, 0.1) is 18.7 Å². The van der Waals surface area contributed by atoms with Crippen molar-refractivity contribution in [2.24, 2.45) is 5.92 Å². The van der Waals surface area contributed by atoms with E-state index in [1.165, 1.54) is 0 Å². The topological polar surface area (TPSA) is 65.1 Å². The third kappa shape index (κ3) is 3.70. The Hall–Kier alpha value is -2.08. The first-order chi connectivity index (χ1) is 11.7. The van der Waals surface area contributed by atoms with E-state index in [-0.39, 0.29) is 17.8 Å². The van der Waals surface area contributed by atoms with Crippen molar-refractivity contribution in [2.75, 3.05) is 33.0 Å². The molecule has 2 heterocycles. The minimum Gasteiger partial charge on any atom is -0.491 e. The van der Waals surface area contributed by atoms with Crippen molar-refractivity contribution in [1.29, 1.82) is 0 Å². The van der Waals surface area contributed by atoms with Gasteiger partial charge in [-0.2, -0.15) is 0 Å². The van der Waals surface area contributed by atoms with Crippen LogP contribution in [-0.4, -0.2) is 49.7 Å². The molecule has 1 amide bonds. The van der Waals surface area contributed by atoms with Crippen LogP contribution in [0.1, 0.15) is 35.7 Å². The highest BCUT2D eigenvalue weighted by atomic mass is 16.5. The van der Waals surface area contributed by atoms with E-state index in [4.69, 9.17) is 14.2 Å². The number of amides is 1. The normalized spacial score (nSPS) is 18.3. The molecule has 2 aliphatic heterocycles. The van der Waals surface area contributed by atoms with Crippen LogP contribution in [0.5, 0.6) is 5.75 Å². The molecule has 0 radical (unpaired) electrons. The molecule has 1 aromatic carbocycles. The Kier molecular flexibility index (Phi) is 5.35. The lowest BCUT2D eigenvalue weighted by Crippen LogP contribution is -2.39. The van der Waals surface area contributed by atoms with Gasteiger partial charge in [-0.15, -0.1) is 0 Å². The Bertz CT molecular complexity index is 609. The fourth-order valence-electron chi connectivity index (χ4n) is 3.10. The summed E-state index contributed by atoms with van der Waals surface area (Å²) >= 11 is 0. The molecule has 0 bridgehead atoms. The summed E-state index contributed by atoms with van der Waals surface area (Å²) in [7, 11) is 0. The first-order valence-electron chi connectivity index (χ1n) is 8.48. The van der Waals surface area contributed by atoms with Crippen molar-refractivity contribution in [3.8, 4) is 5.75 Å². The van der Waals surface area contributed by atoms with E-state index in [1.807, 2.05) is 11.0 Å². The van der Waals surface area contributed by atoms with Gasteiger partial charge in [0, 0.05) is 31.2 Å². The van der Waals surface area contributed by atoms with E-state index in [0.29, 0.717) is 50.8 Å². The Balaban J connectivity index is 1.73. The molecule has 24 heavy (non-hydrogen) atoms. The fourth-order valence-corrected chi connectivity index (χ4v) is 3.10. The largest absolute Gasteiger partial charge is 0.491 e. The summed E-state index contributed by atoms with van der Waals surface area (Å²) in [5.74, 6) is 0.509. The van der Waals surface area contributed by atoms with E-state index in [2.05, 4.69) is 0 Å². The molecule has 1 fully saturated rings. The lowest BCUT2D eigenvalue weighted by Gasteiger charge is -2.28. The van der Waals surface area contributed by atoms with Crippen molar-refractivity contribution < 1.29 is 23.8 Å². The van der Waals surface area contributed by atoms with E-state index in [0.717, 1.165) is 18.4 Å². The van der Waals surface area contributed by atoms with Crippen molar-refractivity contribution in [3.05, 3.63) is 29.3 Å². The molecule has 0 saturated carbocycles. The highest BCUT2D eigenvalue weighted by Gasteiger charge is 2.28. The molecule has 3 rings (SSSR count). The number of esters is 1. The number of nitrogens with zero attached hydrogens (tertiary/aromatic N) is 1. The van der Waals surface area contributed by atoms with Crippen LogP contribution in [0.4, 0.5) is 0 Å². The van der Waals surface area contributed by atoms with Crippen LogP contribution in [0, 0.1) is 5.92 Å². The van der Waals surface area contributed by atoms with Crippen LogP contribution in [0.15, 0.2) is 18.2 Å². The third-order valence-corrected chi connectivity index (χ3v) is 4.44. The molecular weight excluding hydrogens is 310 g/mol. The number of hydrogen-bond acceptors (Lipinski definition) is 5. The van der Waals surface area contributed by atoms with E-state index in [9.17, 15) is 9.59 Å². The zero-order valence-corrected chi connectivity index (χ0v) is 14.0. The standard InChI is InChI=1S/C18H23NO5/c1-2-23-18(21)14-3-4-15-12-19(7-10-24-16(15)11-14)17(20)13-5-8-22-9-6-13/h3-4,11,13H,2,5-10,12H2,1H3. The number of benzene rings is 1. The first-order valence-corrected chi connectivity index (χ1v) is 8.48.